The Morgan fingerprint density at radius 2 is 1.85 bits per heavy atom. The quantitative estimate of drug-likeness (QED) is 0.613. The zero-order valence-electron chi connectivity index (χ0n) is 10.2. The van der Waals surface area contributed by atoms with Gasteiger partial charge in [0.2, 0.25) is 0 Å². The summed E-state index contributed by atoms with van der Waals surface area (Å²) in [6.07, 6.45) is 0. The summed E-state index contributed by atoms with van der Waals surface area (Å²) in [6, 6.07) is 13.9. The van der Waals surface area contributed by atoms with E-state index < -0.39 is 0 Å². The monoisotopic (exact) mass is 397 g/mol. The molecule has 3 aromatic rings. The molecule has 0 radical (unpaired) electrons. The Kier molecular flexibility index (Phi) is 3.71. The van der Waals surface area contributed by atoms with Gasteiger partial charge in [-0.05, 0) is 70.4 Å². The first kappa shape index (κ1) is 13.5. The highest BCUT2D eigenvalue weighted by atomic mass is 127. The molecular weight excluding hydrogens is 388 g/mol. The van der Waals surface area contributed by atoms with Crippen LogP contribution in [-0.4, -0.2) is 5.91 Å². The molecule has 2 nitrogen and oxygen atoms in total. The fourth-order valence-electron chi connectivity index (χ4n) is 1.84. The molecule has 1 aromatic heterocycles. The zero-order chi connectivity index (χ0) is 14.1. The standard InChI is InChI=1S/C15H9FINOS/c16-10-2-1-9-7-14(20-13(9)8-10)15(19)18-12-5-3-11(17)4-6-12/h1-8H,(H,18,19). The van der Waals surface area contributed by atoms with Crippen LogP contribution >= 0.6 is 33.9 Å². The first-order valence-corrected chi connectivity index (χ1v) is 7.77. The molecule has 5 heteroatoms. The van der Waals surface area contributed by atoms with Gasteiger partial charge in [0, 0.05) is 14.0 Å². The van der Waals surface area contributed by atoms with Crippen LogP contribution in [0.15, 0.2) is 48.5 Å². The third-order valence-corrected chi connectivity index (χ3v) is 4.62. The topological polar surface area (TPSA) is 29.1 Å². The van der Waals surface area contributed by atoms with Gasteiger partial charge in [0.1, 0.15) is 5.82 Å². The molecule has 0 saturated carbocycles. The van der Waals surface area contributed by atoms with Crippen LogP contribution in [0.3, 0.4) is 0 Å². The molecule has 0 fully saturated rings. The second-order valence-electron chi connectivity index (χ2n) is 4.25. The predicted octanol–water partition coefficient (Wildman–Crippen LogP) is 4.90. The molecule has 0 aliphatic heterocycles. The van der Waals surface area contributed by atoms with Crippen LogP contribution in [0.25, 0.3) is 10.1 Å². The van der Waals surface area contributed by atoms with Gasteiger partial charge in [-0.25, -0.2) is 4.39 Å². The van der Waals surface area contributed by atoms with E-state index in [9.17, 15) is 9.18 Å². The number of carbonyl (C=O) groups is 1. The summed E-state index contributed by atoms with van der Waals surface area (Å²) in [7, 11) is 0. The Morgan fingerprint density at radius 1 is 1.10 bits per heavy atom. The molecule has 0 aliphatic carbocycles. The van der Waals surface area contributed by atoms with Crippen molar-refractivity contribution in [1.29, 1.82) is 0 Å². The SMILES string of the molecule is O=C(Nc1ccc(I)cc1)c1cc2ccc(F)cc2s1. The fraction of sp³-hybridized carbons (Fsp3) is 0. The van der Waals surface area contributed by atoms with E-state index in [0.29, 0.717) is 4.88 Å². The highest BCUT2D eigenvalue weighted by molar-refractivity contribution is 14.1. The van der Waals surface area contributed by atoms with Crippen LogP contribution in [0, 0.1) is 9.39 Å². The van der Waals surface area contributed by atoms with Crippen LogP contribution in [0.1, 0.15) is 9.67 Å². The Balaban J connectivity index is 1.86. The second kappa shape index (κ2) is 5.49. The number of anilines is 1. The number of nitrogens with one attached hydrogen (secondary N) is 1. The molecule has 0 bridgehead atoms. The van der Waals surface area contributed by atoms with Gasteiger partial charge in [0.15, 0.2) is 0 Å². The van der Waals surface area contributed by atoms with Crippen molar-refractivity contribution in [3.63, 3.8) is 0 Å². The maximum atomic E-state index is 13.1. The van der Waals surface area contributed by atoms with Gasteiger partial charge in [-0.3, -0.25) is 4.79 Å². The normalized spacial score (nSPS) is 10.7. The summed E-state index contributed by atoms with van der Waals surface area (Å²) in [5, 5.41) is 3.71. The Labute approximate surface area is 132 Å². The number of rotatable bonds is 2. The van der Waals surface area contributed by atoms with Crippen LogP contribution in [0.2, 0.25) is 0 Å². The zero-order valence-corrected chi connectivity index (χ0v) is 13.2. The van der Waals surface area contributed by atoms with Crippen molar-refractivity contribution >= 4 is 55.6 Å². The van der Waals surface area contributed by atoms with E-state index in [-0.39, 0.29) is 11.7 Å². The number of halogens is 2. The summed E-state index contributed by atoms with van der Waals surface area (Å²) in [6.45, 7) is 0. The molecule has 0 unspecified atom stereocenters. The minimum Gasteiger partial charge on any atom is -0.321 e. The van der Waals surface area contributed by atoms with Crippen molar-refractivity contribution in [2.24, 2.45) is 0 Å². The highest BCUT2D eigenvalue weighted by Gasteiger charge is 2.11. The number of amides is 1. The predicted molar refractivity (Wildman–Crippen MR) is 88.9 cm³/mol. The number of carbonyl (C=O) groups excluding carboxylic acids is 1. The molecular formula is C15H9FINOS. The third kappa shape index (κ3) is 2.83. The molecule has 100 valence electrons. The average molecular weight is 397 g/mol. The van der Waals surface area contributed by atoms with Crippen molar-refractivity contribution in [2.45, 2.75) is 0 Å². The highest BCUT2D eigenvalue weighted by Crippen LogP contribution is 2.27. The molecule has 1 N–H and O–H groups in total. The van der Waals surface area contributed by atoms with Crippen LogP contribution in [0.5, 0.6) is 0 Å². The van der Waals surface area contributed by atoms with Crippen LogP contribution < -0.4 is 5.32 Å². The van der Waals surface area contributed by atoms with E-state index >= 15 is 0 Å². The largest absolute Gasteiger partial charge is 0.321 e. The van der Waals surface area contributed by atoms with Gasteiger partial charge < -0.3 is 5.32 Å². The Hall–Kier alpha value is -1.47. The molecule has 2 aromatic carbocycles. The van der Waals surface area contributed by atoms with E-state index in [1.165, 1.54) is 23.5 Å². The number of fused-ring (bicyclic) bond motifs is 1. The minimum absolute atomic E-state index is 0.173. The van der Waals surface area contributed by atoms with Crippen molar-refractivity contribution in [2.75, 3.05) is 5.32 Å². The second-order valence-corrected chi connectivity index (χ2v) is 6.58. The third-order valence-electron chi connectivity index (χ3n) is 2.81. The lowest BCUT2D eigenvalue weighted by molar-refractivity contribution is 0.103. The van der Waals surface area contributed by atoms with Crippen LogP contribution in [-0.2, 0) is 0 Å². The first-order chi connectivity index (χ1) is 9.61. The summed E-state index contributed by atoms with van der Waals surface area (Å²) in [5.74, 6) is -0.461. The number of hydrogen-bond donors (Lipinski definition) is 1. The Bertz CT molecular complexity index is 782. The molecule has 0 aliphatic rings. The summed E-state index contributed by atoms with van der Waals surface area (Å²) < 4.78 is 15.0. The maximum absolute atomic E-state index is 13.1. The van der Waals surface area contributed by atoms with Gasteiger partial charge in [-0.2, -0.15) is 0 Å². The van der Waals surface area contributed by atoms with Crippen molar-refractivity contribution in [3.8, 4) is 0 Å². The van der Waals surface area contributed by atoms with Gasteiger partial charge in [-0.15, -0.1) is 11.3 Å². The molecule has 20 heavy (non-hydrogen) atoms. The van der Waals surface area contributed by atoms with Gasteiger partial charge >= 0.3 is 0 Å². The Morgan fingerprint density at radius 3 is 2.60 bits per heavy atom. The van der Waals surface area contributed by atoms with Crippen molar-refractivity contribution in [3.05, 3.63) is 62.8 Å². The fourth-order valence-corrected chi connectivity index (χ4v) is 3.19. The first-order valence-electron chi connectivity index (χ1n) is 5.88. The smallest absolute Gasteiger partial charge is 0.265 e. The summed E-state index contributed by atoms with van der Waals surface area (Å²) in [4.78, 5) is 12.7. The van der Waals surface area contributed by atoms with Gasteiger partial charge in [-0.1, -0.05) is 6.07 Å². The molecule has 3 rings (SSSR count). The minimum atomic E-state index is -0.288. The lowest BCUT2D eigenvalue weighted by Gasteiger charge is -2.02. The van der Waals surface area contributed by atoms with E-state index in [0.717, 1.165) is 19.3 Å². The van der Waals surface area contributed by atoms with Crippen molar-refractivity contribution in [1.82, 2.24) is 0 Å². The molecule has 1 heterocycles. The lowest BCUT2D eigenvalue weighted by Crippen LogP contribution is -2.09. The van der Waals surface area contributed by atoms with Crippen molar-refractivity contribution < 1.29 is 9.18 Å². The molecule has 1 amide bonds. The molecule has 0 spiro atoms. The number of hydrogen-bond acceptors (Lipinski definition) is 2. The van der Waals surface area contributed by atoms with Gasteiger partial charge in [0.05, 0.1) is 4.88 Å². The number of thiophene rings is 1. The maximum Gasteiger partial charge on any atom is 0.265 e. The van der Waals surface area contributed by atoms with Gasteiger partial charge in [0.25, 0.3) is 5.91 Å². The molecule has 0 atom stereocenters. The number of benzene rings is 2. The average Bonchev–Trinajstić information content (AvgIpc) is 2.84. The molecule has 0 saturated heterocycles. The summed E-state index contributed by atoms with van der Waals surface area (Å²) in [5.41, 5.74) is 0.749. The van der Waals surface area contributed by atoms with E-state index in [1.807, 2.05) is 24.3 Å². The van der Waals surface area contributed by atoms with E-state index in [1.54, 1.807) is 12.1 Å². The lowest BCUT2D eigenvalue weighted by atomic mass is 10.2. The van der Waals surface area contributed by atoms with E-state index in [4.69, 9.17) is 0 Å². The van der Waals surface area contributed by atoms with Crippen LogP contribution in [0.4, 0.5) is 10.1 Å². The van der Waals surface area contributed by atoms with E-state index in [2.05, 4.69) is 27.9 Å². The summed E-state index contributed by atoms with van der Waals surface area (Å²) >= 11 is 3.50.